The van der Waals surface area contributed by atoms with Gasteiger partial charge in [0, 0.05) is 19.2 Å². The molecule has 122 valence electrons. The van der Waals surface area contributed by atoms with Crippen molar-refractivity contribution in [2.24, 2.45) is 0 Å². The lowest BCUT2D eigenvalue weighted by molar-refractivity contribution is -0.126. The van der Waals surface area contributed by atoms with E-state index in [0.717, 1.165) is 5.56 Å². The molecular weight excluding hydrogens is 316 g/mol. The number of hydrogen-bond acceptors (Lipinski definition) is 5. The molecule has 1 aliphatic rings. The Bertz CT molecular complexity index is 732. The minimum atomic E-state index is -3.01. The van der Waals surface area contributed by atoms with Gasteiger partial charge < -0.3 is 9.64 Å². The fourth-order valence-corrected chi connectivity index (χ4v) is 4.11. The van der Waals surface area contributed by atoms with Crippen molar-refractivity contribution >= 4 is 21.8 Å². The van der Waals surface area contributed by atoms with Crippen molar-refractivity contribution in [3.8, 4) is 11.8 Å². The lowest BCUT2D eigenvalue weighted by Crippen LogP contribution is -2.36. The van der Waals surface area contributed by atoms with Gasteiger partial charge in [0.1, 0.15) is 11.8 Å². The average molecular weight is 334 g/mol. The number of nitriles is 1. The van der Waals surface area contributed by atoms with Crippen LogP contribution in [0.5, 0.6) is 5.75 Å². The van der Waals surface area contributed by atoms with Crippen LogP contribution in [-0.4, -0.2) is 50.4 Å². The van der Waals surface area contributed by atoms with Crippen LogP contribution in [0.2, 0.25) is 0 Å². The molecule has 1 atom stereocenters. The third-order valence-electron chi connectivity index (χ3n) is 3.71. The van der Waals surface area contributed by atoms with E-state index in [1.165, 1.54) is 11.0 Å². The SMILES string of the molecule is CN(C(=O)/C=C/c1ccc(OCC#N)cc1)[C@@H]1CCS(=O)(=O)C1. The lowest BCUT2D eigenvalue weighted by Gasteiger charge is -2.21. The summed E-state index contributed by atoms with van der Waals surface area (Å²) in [5.41, 5.74) is 0.815. The predicted molar refractivity (Wildman–Crippen MR) is 86.4 cm³/mol. The topological polar surface area (TPSA) is 87.5 Å². The summed E-state index contributed by atoms with van der Waals surface area (Å²) in [6.07, 6.45) is 3.58. The van der Waals surface area contributed by atoms with Gasteiger partial charge in [0.2, 0.25) is 5.91 Å². The molecule has 1 amide bonds. The highest BCUT2D eigenvalue weighted by atomic mass is 32.2. The van der Waals surface area contributed by atoms with Crippen molar-refractivity contribution in [1.29, 1.82) is 5.26 Å². The highest BCUT2D eigenvalue weighted by Gasteiger charge is 2.31. The highest BCUT2D eigenvalue weighted by Crippen LogP contribution is 2.17. The molecule has 0 saturated carbocycles. The van der Waals surface area contributed by atoms with Gasteiger partial charge >= 0.3 is 0 Å². The van der Waals surface area contributed by atoms with Gasteiger partial charge in [0.05, 0.1) is 11.5 Å². The van der Waals surface area contributed by atoms with Crippen molar-refractivity contribution in [2.45, 2.75) is 12.5 Å². The molecule has 0 unspecified atom stereocenters. The number of carbonyl (C=O) groups excluding carboxylic acids is 1. The molecule has 1 aromatic carbocycles. The molecule has 0 aromatic heterocycles. The standard InChI is InChI=1S/C16H18N2O4S/c1-18(14-8-11-23(20,21)12-14)16(19)7-4-13-2-5-15(6-3-13)22-10-9-17/h2-7,14H,8,10-12H2,1H3/b7-4+/t14-/m1/s1. The predicted octanol–water partition coefficient (Wildman–Crippen LogP) is 1.25. The van der Waals surface area contributed by atoms with E-state index in [2.05, 4.69) is 0 Å². The zero-order valence-corrected chi connectivity index (χ0v) is 13.6. The molecule has 7 heteroatoms. The number of carbonyl (C=O) groups is 1. The van der Waals surface area contributed by atoms with Gasteiger partial charge in [0.25, 0.3) is 0 Å². The molecule has 0 aliphatic carbocycles. The minimum absolute atomic E-state index is 0.0111. The van der Waals surface area contributed by atoms with Crippen LogP contribution >= 0.6 is 0 Å². The van der Waals surface area contributed by atoms with Gasteiger partial charge in [-0.3, -0.25) is 4.79 Å². The zero-order chi connectivity index (χ0) is 16.9. The first kappa shape index (κ1) is 17.0. The average Bonchev–Trinajstić information content (AvgIpc) is 2.90. The van der Waals surface area contributed by atoms with Crippen LogP contribution < -0.4 is 4.74 Å². The first-order valence-electron chi connectivity index (χ1n) is 7.16. The molecule has 1 fully saturated rings. The maximum atomic E-state index is 12.1. The fraction of sp³-hybridized carbons (Fsp3) is 0.375. The number of rotatable bonds is 5. The molecule has 0 spiro atoms. The Kier molecular flexibility index (Phi) is 5.40. The Hall–Kier alpha value is -2.33. The molecular formula is C16H18N2O4S. The van der Waals surface area contributed by atoms with Gasteiger partial charge in [-0.2, -0.15) is 5.26 Å². The molecule has 1 saturated heterocycles. The van der Waals surface area contributed by atoms with Gasteiger partial charge in [0.15, 0.2) is 16.4 Å². The van der Waals surface area contributed by atoms with E-state index in [-0.39, 0.29) is 30.1 Å². The van der Waals surface area contributed by atoms with E-state index in [1.807, 2.05) is 6.07 Å². The van der Waals surface area contributed by atoms with Gasteiger partial charge in [-0.1, -0.05) is 12.1 Å². The normalized spacial score (nSPS) is 19.4. The van der Waals surface area contributed by atoms with E-state index in [1.54, 1.807) is 37.4 Å². The van der Waals surface area contributed by atoms with Crippen LogP contribution in [0.25, 0.3) is 6.08 Å². The third kappa shape index (κ3) is 4.83. The van der Waals surface area contributed by atoms with E-state index in [9.17, 15) is 13.2 Å². The molecule has 6 nitrogen and oxygen atoms in total. The summed E-state index contributed by atoms with van der Waals surface area (Å²) in [5.74, 6) is 0.539. The van der Waals surface area contributed by atoms with Crippen molar-refractivity contribution in [3.05, 3.63) is 35.9 Å². The molecule has 1 aliphatic heterocycles. The molecule has 1 heterocycles. The summed E-state index contributed by atoms with van der Waals surface area (Å²) in [5, 5.41) is 8.44. The molecule has 23 heavy (non-hydrogen) atoms. The van der Waals surface area contributed by atoms with Crippen LogP contribution in [-0.2, 0) is 14.6 Å². The number of ether oxygens (including phenoxy) is 1. The number of benzene rings is 1. The number of nitrogens with zero attached hydrogens (tertiary/aromatic N) is 2. The van der Waals surface area contributed by atoms with Gasteiger partial charge in [-0.05, 0) is 30.2 Å². The van der Waals surface area contributed by atoms with E-state index >= 15 is 0 Å². The minimum Gasteiger partial charge on any atom is -0.479 e. The second kappa shape index (κ2) is 7.29. The monoisotopic (exact) mass is 334 g/mol. The Labute approximate surface area is 135 Å². The number of hydrogen-bond donors (Lipinski definition) is 0. The molecule has 0 bridgehead atoms. The first-order chi connectivity index (χ1) is 10.9. The fourth-order valence-electron chi connectivity index (χ4n) is 2.34. The maximum absolute atomic E-state index is 12.1. The van der Waals surface area contributed by atoms with Crippen LogP contribution in [0.15, 0.2) is 30.3 Å². The van der Waals surface area contributed by atoms with Crippen LogP contribution in [0.4, 0.5) is 0 Å². The molecule has 1 aromatic rings. The summed E-state index contributed by atoms with van der Waals surface area (Å²) >= 11 is 0. The molecule has 2 rings (SSSR count). The van der Waals surface area contributed by atoms with Crippen LogP contribution in [0.3, 0.4) is 0 Å². The number of likely N-dealkylation sites (N-methyl/N-ethyl adjacent to an activating group) is 1. The smallest absolute Gasteiger partial charge is 0.246 e. The van der Waals surface area contributed by atoms with Crippen molar-refractivity contribution < 1.29 is 17.9 Å². The summed E-state index contributed by atoms with van der Waals surface area (Å²) in [7, 11) is -1.39. The molecule has 0 N–H and O–H groups in total. The summed E-state index contributed by atoms with van der Waals surface area (Å²) in [6, 6.07) is 8.62. The third-order valence-corrected chi connectivity index (χ3v) is 5.46. The van der Waals surface area contributed by atoms with Gasteiger partial charge in [-0.15, -0.1) is 0 Å². The second-order valence-electron chi connectivity index (χ2n) is 5.36. The summed E-state index contributed by atoms with van der Waals surface area (Å²) in [4.78, 5) is 13.6. The Balaban J connectivity index is 1.94. The van der Waals surface area contributed by atoms with Crippen molar-refractivity contribution in [3.63, 3.8) is 0 Å². The van der Waals surface area contributed by atoms with Gasteiger partial charge in [-0.25, -0.2) is 8.42 Å². The summed E-state index contributed by atoms with van der Waals surface area (Å²) in [6.45, 7) is -0.0111. The van der Waals surface area contributed by atoms with Crippen molar-refractivity contribution in [2.75, 3.05) is 25.2 Å². The lowest BCUT2D eigenvalue weighted by atomic mass is 10.2. The number of amides is 1. The quantitative estimate of drug-likeness (QED) is 0.756. The number of sulfone groups is 1. The molecule has 0 radical (unpaired) electrons. The Morgan fingerprint density at radius 2 is 2.13 bits per heavy atom. The second-order valence-corrected chi connectivity index (χ2v) is 7.58. The van der Waals surface area contributed by atoms with E-state index in [0.29, 0.717) is 12.2 Å². The zero-order valence-electron chi connectivity index (χ0n) is 12.8. The van der Waals surface area contributed by atoms with E-state index in [4.69, 9.17) is 10.00 Å². The van der Waals surface area contributed by atoms with Crippen LogP contribution in [0, 0.1) is 11.3 Å². The van der Waals surface area contributed by atoms with Crippen molar-refractivity contribution in [1.82, 2.24) is 4.90 Å². The summed E-state index contributed by atoms with van der Waals surface area (Å²) < 4.78 is 28.1. The highest BCUT2D eigenvalue weighted by molar-refractivity contribution is 7.91. The Morgan fingerprint density at radius 3 is 2.70 bits per heavy atom. The maximum Gasteiger partial charge on any atom is 0.246 e. The first-order valence-corrected chi connectivity index (χ1v) is 8.98. The Morgan fingerprint density at radius 1 is 1.43 bits per heavy atom. The van der Waals surface area contributed by atoms with Crippen LogP contribution in [0.1, 0.15) is 12.0 Å². The van der Waals surface area contributed by atoms with E-state index < -0.39 is 9.84 Å². The largest absolute Gasteiger partial charge is 0.479 e.